The molecule has 1 aromatic carbocycles. The van der Waals surface area contributed by atoms with Gasteiger partial charge in [-0.3, -0.25) is 4.79 Å². The van der Waals surface area contributed by atoms with Gasteiger partial charge >= 0.3 is 0 Å². The maximum atomic E-state index is 12.7. The lowest BCUT2D eigenvalue weighted by Gasteiger charge is -2.44. The van der Waals surface area contributed by atoms with Gasteiger partial charge in [-0.05, 0) is 50.7 Å². The van der Waals surface area contributed by atoms with Crippen LogP contribution >= 0.6 is 0 Å². The van der Waals surface area contributed by atoms with Gasteiger partial charge in [0.05, 0.1) is 6.61 Å². The second-order valence-electron chi connectivity index (χ2n) is 6.51. The average molecular weight is 317 g/mol. The van der Waals surface area contributed by atoms with Crippen LogP contribution in [0.15, 0.2) is 24.3 Å². The number of piperidine rings is 1. The molecule has 2 fully saturated rings. The van der Waals surface area contributed by atoms with E-state index < -0.39 is 0 Å². The number of benzene rings is 1. The molecule has 0 bridgehead atoms. The number of hydrogen-bond donors (Lipinski definition) is 0. The molecule has 3 rings (SSSR count). The van der Waals surface area contributed by atoms with Gasteiger partial charge in [-0.2, -0.15) is 0 Å². The lowest BCUT2D eigenvalue weighted by atomic mass is 9.78. The molecule has 1 saturated heterocycles. The number of carbonyl (C=O) groups excluding carboxylic acids is 1. The van der Waals surface area contributed by atoms with E-state index in [1.165, 1.54) is 25.7 Å². The minimum Gasteiger partial charge on any atom is -0.490 e. The third-order valence-electron chi connectivity index (χ3n) is 5.06. The lowest BCUT2D eigenvalue weighted by Crippen LogP contribution is -2.51. The van der Waals surface area contributed by atoms with Crippen molar-refractivity contribution >= 4 is 5.91 Å². The van der Waals surface area contributed by atoms with Gasteiger partial charge in [0.15, 0.2) is 18.1 Å². The van der Waals surface area contributed by atoms with Crippen molar-refractivity contribution in [2.75, 3.05) is 19.8 Å². The minimum absolute atomic E-state index is 0.104. The van der Waals surface area contributed by atoms with Crippen LogP contribution in [-0.4, -0.2) is 36.6 Å². The topological polar surface area (TPSA) is 38.8 Å². The van der Waals surface area contributed by atoms with Gasteiger partial charge in [0.1, 0.15) is 0 Å². The van der Waals surface area contributed by atoms with Gasteiger partial charge in [0.2, 0.25) is 0 Å². The molecule has 2 aliphatic rings. The molecule has 1 amide bonds. The molecule has 0 radical (unpaired) electrons. The fraction of sp³-hybridized carbons (Fsp3) is 0.632. The number of ether oxygens (including phenoxy) is 2. The highest BCUT2D eigenvalue weighted by molar-refractivity contribution is 5.78. The Kier molecular flexibility index (Phi) is 5.42. The highest BCUT2D eigenvalue weighted by Crippen LogP contribution is 2.35. The summed E-state index contributed by atoms with van der Waals surface area (Å²) >= 11 is 0. The molecule has 23 heavy (non-hydrogen) atoms. The summed E-state index contributed by atoms with van der Waals surface area (Å²) in [6.07, 6.45) is 7.42. The lowest BCUT2D eigenvalue weighted by molar-refractivity contribution is -0.139. The van der Waals surface area contributed by atoms with Gasteiger partial charge in [0.25, 0.3) is 5.91 Å². The Balaban J connectivity index is 1.60. The molecule has 0 N–H and O–H groups in total. The molecule has 0 spiro atoms. The fourth-order valence-corrected chi connectivity index (χ4v) is 4.00. The summed E-state index contributed by atoms with van der Waals surface area (Å²) in [6, 6.07) is 7.99. The standard InChI is InChI=1S/C19H27NO3/c1-2-22-17-11-5-6-12-18(17)23-14-19(21)20-13-7-9-15-8-3-4-10-16(15)20/h5-6,11-12,15-16H,2-4,7-10,13-14H2,1H3. The number of nitrogens with zero attached hydrogens (tertiary/aromatic N) is 1. The van der Waals surface area contributed by atoms with E-state index in [9.17, 15) is 4.79 Å². The molecule has 2 atom stereocenters. The molecular formula is C19H27NO3. The van der Waals surface area contributed by atoms with Crippen molar-refractivity contribution in [3.05, 3.63) is 24.3 Å². The first kappa shape index (κ1) is 16.2. The Bertz CT molecular complexity index is 529. The first-order valence-electron chi connectivity index (χ1n) is 8.93. The van der Waals surface area contributed by atoms with Crippen LogP contribution in [0.3, 0.4) is 0 Å². The zero-order valence-electron chi connectivity index (χ0n) is 14.0. The van der Waals surface area contributed by atoms with Crippen molar-refractivity contribution < 1.29 is 14.3 Å². The number of amides is 1. The molecule has 1 aliphatic heterocycles. The quantitative estimate of drug-likeness (QED) is 0.832. The molecule has 1 aliphatic carbocycles. The molecule has 4 heteroatoms. The first-order chi connectivity index (χ1) is 11.3. The van der Waals surface area contributed by atoms with Crippen molar-refractivity contribution in [2.24, 2.45) is 5.92 Å². The van der Waals surface area contributed by atoms with E-state index in [1.54, 1.807) is 0 Å². The maximum absolute atomic E-state index is 12.7. The summed E-state index contributed by atoms with van der Waals surface area (Å²) in [5.41, 5.74) is 0. The predicted octanol–water partition coefficient (Wildman–Crippen LogP) is 3.65. The molecule has 2 unspecified atom stereocenters. The van der Waals surface area contributed by atoms with E-state index in [1.807, 2.05) is 31.2 Å². The van der Waals surface area contributed by atoms with Gasteiger partial charge in [-0.1, -0.05) is 25.0 Å². The third kappa shape index (κ3) is 3.80. The second kappa shape index (κ2) is 7.71. The number of para-hydroxylation sites is 2. The van der Waals surface area contributed by atoms with Crippen LogP contribution in [-0.2, 0) is 4.79 Å². The van der Waals surface area contributed by atoms with Crippen LogP contribution in [0.25, 0.3) is 0 Å². The monoisotopic (exact) mass is 317 g/mol. The highest BCUT2D eigenvalue weighted by Gasteiger charge is 2.35. The number of fused-ring (bicyclic) bond motifs is 1. The van der Waals surface area contributed by atoms with Crippen LogP contribution in [0.1, 0.15) is 45.4 Å². The molecule has 1 saturated carbocycles. The summed E-state index contributed by atoms with van der Waals surface area (Å²) in [5, 5.41) is 0. The van der Waals surface area contributed by atoms with Gasteiger partial charge in [-0.25, -0.2) is 0 Å². The smallest absolute Gasteiger partial charge is 0.260 e. The van der Waals surface area contributed by atoms with Crippen LogP contribution in [0.5, 0.6) is 11.5 Å². The van der Waals surface area contributed by atoms with Gasteiger partial charge < -0.3 is 14.4 Å². The third-order valence-corrected chi connectivity index (χ3v) is 5.06. The van der Waals surface area contributed by atoms with Crippen LogP contribution in [0, 0.1) is 5.92 Å². The van der Waals surface area contributed by atoms with Crippen molar-refractivity contribution in [2.45, 2.75) is 51.5 Å². The summed E-state index contributed by atoms with van der Waals surface area (Å²) in [7, 11) is 0. The number of hydrogen-bond acceptors (Lipinski definition) is 3. The SMILES string of the molecule is CCOc1ccccc1OCC(=O)N1CCCC2CCCCC21. The molecule has 1 aromatic rings. The van der Waals surface area contributed by atoms with E-state index in [0.717, 1.165) is 19.4 Å². The Morgan fingerprint density at radius 2 is 1.78 bits per heavy atom. The molecule has 1 heterocycles. The zero-order chi connectivity index (χ0) is 16.1. The number of rotatable bonds is 5. The van der Waals surface area contributed by atoms with Gasteiger partial charge in [0, 0.05) is 12.6 Å². The van der Waals surface area contributed by atoms with E-state index in [0.29, 0.717) is 30.1 Å². The van der Waals surface area contributed by atoms with Crippen molar-refractivity contribution in [1.29, 1.82) is 0 Å². The molecule has 0 aromatic heterocycles. The Morgan fingerprint density at radius 3 is 2.57 bits per heavy atom. The van der Waals surface area contributed by atoms with E-state index >= 15 is 0 Å². The largest absolute Gasteiger partial charge is 0.490 e. The zero-order valence-corrected chi connectivity index (χ0v) is 14.0. The maximum Gasteiger partial charge on any atom is 0.260 e. The van der Waals surface area contributed by atoms with Crippen molar-refractivity contribution in [3.63, 3.8) is 0 Å². The molecule has 126 valence electrons. The predicted molar refractivity (Wildman–Crippen MR) is 89.8 cm³/mol. The normalized spacial score (nSPS) is 24.0. The highest BCUT2D eigenvalue weighted by atomic mass is 16.5. The van der Waals surface area contributed by atoms with E-state index in [-0.39, 0.29) is 12.5 Å². The summed E-state index contributed by atoms with van der Waals surface area (Å²) in [6.45, 7) is 3.52. The average Bonchev–Trinajstić information content (AvgIpc) is 2.60. The summed E-state index contributed by atoms with van der Waals surface area (Å²) in [5.74, 6) is 2.18. The van der Waals surface area contributed by atoms with Crippen LogP contribution in [0.2, 0.25) is 0 Å². The first-order valence-corrected chi connectivity index (χ1v) is 8.93. The molecular weight excluding hydrogens is 290 g/mol. The van der Waals surface area contributed by atoms with E-state index in [2.05, 4.69) is 4.90 Å². The van der Waals surface area contributed by atoms with Crippen molar-refractivity contribution in [3.8, 4) is 11.5 Å². The van der Waals surface area contributed by atoms with Crippen molar-refractivity contribution in [1.82, 2.24) is 4.90 Å². The Labute approximate surface area is 138 Å². The minimum atomic E-state index is 0.104. The Hall–Kier alpha value is -1.71. The van der Waals surface area contributed by atoms with Gasteiger partial charge in [-0.15, -0.1) is 0 Å². The van der Waals surface area contributed by atoms with Crippen LogP contribution < -0.4 is 9.47 Å². The molecule has 4 nitrogen and oxygen atoms in total. The number of carbonyl (C=O) groups is 1. The van der Waals surface area contributed by atoms with E-state index in [4.69, 9.17) is 9.47 Å². The number of likely N-dealkylation sites (tertiary alicyclic amines) is 1. The Morgan fingerprint density at radius 1 is 1.09 bits per heavy atom. The summed E-state index contributed by atoms with van der Waals surface area (Å²) < 4.78 is 11.3. The fourth-order valence-electron chi connectivity index (χ4n) is 4.00. The summed E-state index contributed by atoms with van der Waals surface area (Å²) in [4.78, 5) is 14.7. The van der Waals surface area contributed by atoms with Crippen LogP contribution in [0.4, 0.5) is 0 Å². The second-order valence-corrected chi connectivity index (χ2v) is 6.51.